The molecule has 0 radical (unpaired) electrons. The van der Waals surface area contributed by atoms with Crippen molar-refractivity contribution in [2.24, 2.45) is 10.9 Å². The molecule has 2 heterocycles. The van der Waals surface area contributed by atoms with Crippen LogP contribution in [0.1, 0.15) is 26.7 Å². The fourth-order valence-corrected chi connectivity index (χ4v) is 3.70. The molecule has 1 N–H and O–H groups in total. The monoisotopic (exact) mass is 454 g/mol. The van der Waals surface area contributed by atoms with E-state index in [1.54, 1.807) is 7.11 Å². The number of nitrogens with zero attached hydrogens (tertiary/aromatic N) is 3. The lowest BCUT2D eigenvalue weighted by molar-refractivity contribution is -0.0679. The zero-order valence-electron chi connectivity index (χ0n) is 15.7. The number of morpholine rings is 1. The fraction of sp³-hybridized carbons (Fsp3) is 0.941. The standard InChI is InChI=1S/C17H34N4O2.HI/c1-14-10-20(11-15(2)23-14)8-5-7-19-17(18-3)21-9-6-16(12-21)13-22-4;/h14-16H,5-13H2,1-4H3,(H,18,19);1H. The van der Waals surface area contributed by atoms with Gasteiger partial charge in [0.05, 0.1) is 18.8 Å². The van der Waals surface area contributed by atoms with Crippen molar-refractivity contribution < 1.29 is 9.47 Å². The van der Waals surface area contributed by atoms with Gasteiger partial charge in [-0.05, 0) is 26.7 Å². The first-order chi connectivity index (χ1) is 11.1. The second-order valence-electron chi connectivity index (χ2n) is 6.90. The Labute approximate surface area is 164 Å². The third-order valence-corrected chi connectivity index (χ3v) is 4.63. The summed E-state index contributed by atoms with van der Waals surface area (Å²) in [7, 11) is 3.65. The van der Waals surface area contributed by atoms with Crippen molar-refractivity contribution in [3.05, 3.63) is 0 Å². The second kappa shape index (κ2) is 11.5. The summed E-state index contributed by atoms with van der Waals surface area (Å²) in [6.45, 7) is 11.5. The molecule has 7 heteroatoms. The summed E-state index contributed by atoms with van der Waals surface area (Å²) in [6.07, 6.45) is 3.02. The van der Waals surface area contributed by atoms with Crippen molar-refractivity contribution in [3.63, 3.8) is 0 Å². The summed E-state index contributed by atoms with van der Waals surface area (Å²) >= 11 is 0. The Hall–Kier alpha value is -0.120. The van der Waals surface area contributed by atoms with Crippen LogP contribution in [0.3, 0.4) is 0 Å². The molecule has 6 nitrogen and oxygen atoms in total. The Balaban J connectivity index is 0.00000288. The number of rotatable bonds is 6. The summed E-state index contributed by atoms with van der Waals surface area (Å²) in [6, 6.07) is 0. The second-order valence-corrected chi connectivity index (χ2v) is 6.90. The van der Waals surface area contributed by atoms with Crippen LogP contribution in [0.15, 0.2) is 4.99 Å². The summed E-state index contributed by atoms with van der Waals surface area (Å²) in [5.74, 6) is 1.67. The van der Waals surface area contributed by atoms with Crippen LogP contribution in [-0.4, -0.2) is 88.0 Å². The fourth-order valence-electron chi connectivity index (χ4n) is 3.70. The molecule has 142 valence electrons. The van der Waals surface area contributed by atoms with E-state index < -0.39 is 0 Å². The van der Waals surface area contributed by atoms with Gasteiger partial charge in [-0.25, -0.2) is 0 Å². The molecule has 0 amide bonds. The molecule has 0 saturated carbocycles. The van der Waals surface area contributed by atoms with E-state index in [9.17, 15) is 0 Å². The van der Waals surface area contributed by atoms with Crippen LogP contribution >= 0.6 is 24.0 Å². The first-order valence-electron chi connectivity index (χ1n) is 8.94. The van der Waals surface area contributed by atoms with Crippen LogP contribution in [0, 0.1) is 5.92 Å². The average molecular weight is 454 g/mol. The predicted molar refractivity (Wildman–Crippen MR) is 109 cm³/mol. The Bertz CT molecular complexity index is 374. The molecule has 3 unspecified atom stereocenters. The van der Waals surface area contributed by atoms with Crippen LogP contribution < -0.4 is 5.32 Å². The van der Waals surface area contributed by atoms with E-state index in [1.165, 1.54) is 6.42 Å². The quantitative estimate of drug-likeness (QED) is 0.286. The molecule has 2 aliphatic rings. The summed E-state index contributed by atoms with van der Waals surface area (Å²) in [5, 5.41) is 3.51. The van der Waals surface area contributed by atoms with Crippen molar-refractivity contribution in [2.75, 3.05) is 60.0 Å². The van der Waals surface area contributed by atoms with E-state index in [0.717, 1.165) is 58.3 Å². The maximum Gasteiger partial charge on any atom is 0.193 e. The summed E-state index contributed by atoms with van der Waals surface area (Å²) < 4.78 is 11.1. The van der Waals surface area contributed by atoms with Gasteiger partial charge in [0.15, 0.2) is 5.96 Å². The Morgan fingerprint density at radius 1 is 1.25 bits per heavy atom. The van der Waals surface area contributed by atoms with Crippen LogP contribution in [0.2, 0.25) is 0 Å². The maximum absolute atomic E-state index is 5.78. The van der Waals surface area contributed by atoms with E-state index in [1.807, 2.05) is 7.05 Å². The van der Waals surface area contributed by atoms with E-state index in [0.29, 0.717) is 18.1 Å². The highest BCUT2D eigenvalue weighted by molar-refractivity contribution is 14.0. The number of ether oxygens (including phenoxy) is 2. The maximum atomic E-state index is 5.78. The number of methoxy groups -OCH3 is 1. The minimum atomic E-state index is 0. The molecule has 0 aromatic rings. The van der Waals surface area contributed by atoms with Crippen LogP contribution in [0.5, 0.6) is 0 Å². The lowest BCUT2D eigenvalue weighted by Crippen LogP contribution is -2.46. The van der Waals surface area contributed by atoms with Crippen molar-refractivity contribution in [1.29, 1.82) is 0 Å². The third kappa shape index (κ3) is 7.01. The van der Waals surface area contributed by atoms with Gasteiger partial charge < -0.3 is 19.7 Å². The Kier molecular flexibility index (Phi) is 10.5. The molecule has 2 aliphatic heterocycles. The first-order valence-corrected chi connectivity index (χ1v) is 8.94. The number of hydrogen-bond donors (Lipinski definition) is 1. The van der Waals surface area contributed by atoms with Gasteiger partial charge in [0.1, 0.15) is 0 Å². The van der Waals surface area contributed by atoms with E-state index in [4.69, 9.17) is 9.47 Å². The van der Waals surface area contributed by atoms with Gasteiger partial charge in [-0.15, -0.1) is 24.0 Å². The number of hydrogen-bond acceptors (Lipinski definition) is 4. The molecule has 0 bridgehead atoms. The number of aliphatic imine (C=N–C) groups is 1. The number of likely N-dealkylation sites (tertiary alicyclic amines) is 1. The van der Waals surface area contributed by atoms with Gasteiger partial charge in [-0.2, -0.15) is 0 Å². The molecule has 2 rings (SSSR count). The normalized spacial score (nSPS) is 28.8. The molecule has 3 atom stereocenters. The van der Waals surface area contributed by atoms with Gasteiger partial charge >= 0.3 is 0 Å². The van der Waals surface area contributed by atoms with Gasteiger partial charge in [0.25, 0.3) is 0 Å². The number of halogens is 1. The minimum absolute atomic E-state index is 0. The molecule has 0 aliphatic carbocycles. The molecular formula is C17H35IN4O2. The van der Waals surface area contributed by atoms with Gasteiger partial charge in [-0.3, -0.25) is 9.89 Å². The molecular weight excluding hydrogens is 419 g/mol. The smallest absolute Gasteiger partial charge is 0.193 e. The van der Waals surface area contributed by atoms with Crippen LogP contribution in [0.25, 0.3) is 0 Å². The highest BCUT2D eigenvalue weighted by Gasteiger charge is 2.25. The molecule has 0 aromatic heterocycles. The zero-order valence-corrected chi connectivity index (χ0v) is 18.0. The van der Waals surface area contributed by atoms with E-state index >= 15 is 0 Å². The van der Waals surface area contributed by atoms with Gasteiger partial charge in [0.2, 0.25) is 0 Å². The highest BCUT2D eigenvalue weighted by Crippen LogP contribution is 2.16. The average Bonchev–Trinajstić information content (AvgIpc) is 2.95. The third-order valence-electron chi connectivity index (χ3n) is 4.63. The predicted octanol–water partition coefficient (Wildman–Crippen LogP) is 1.65. The van der Waals surface area contributed by atoms with Gasteiger partial charge in [0, 0.05) is 59.3 Å². The van der Waals surface area contributed by atoms with Crippen molar-refractivity contribution >= 4 is 29.9 Å². The Morgan fingerprint density at radius 2 is 1.96 bits per heavy atom. The van der Waals surface area contributed by atoms with Crippen molar-refractivity contribution in [2.45, 2.75) is 38.9 Å². The van der Waals surface area contributed by atoms with Crippen molar-refractivity contribution in [3.8, 4) is 0 Å². The largest absolute Gasteiger partial charge is 0.384 e. The van der Waals surface area contributed by atoms with Gasteiger partial charge in [-0.1, -0.05) is 0 Å². The van der Waals surface area contributed by atoms with E-state index in [2.05, 4.69) is 34.0 Å². The topological polar surface area (TPSA) is 49.3 Å². The van der Waals surface area contributed by atoms with Crippen LogP contribution in [0.4, 0.5) is 0 Å². The SMILES string of the molecule is CN=C(NCCCN1CC(C)OC(C)C1)N1CCC(COC)C1.I. The minimum Gasteiger partial charge on any atom is -0.384 e. The summed E-state index contributed by atoms with van der Waals surface area (Å²) in [4.78, 5) is 9.29. The number of guanidine groups is 1. The van der Waals surface area contributed by atoms with Crippen LogP contribution in [-0.2, 0) is 9.47 Å². The molecule has 24 heavy (non-hydrogen) atoms. The first kappa shape index (κ1) is 21.9. The molecule has 0 aromatic carbocycles. The molecule has 2 saturated heterocycles. The molecule has 0 spiro atoms. The highest BCUT2D eigenvalue weighted by atomic mass is 127. The van der Waals surface area contributed by atoms with Crippen molar-refractivity contribution in [1.82, 2.24) is 15.1 Å². The Morgan fingerprint density at radius 3 is 2.58 bits per heavy atom. The summed E-state index contributed by atoms with van der Waals surface area (Å²) in [5.41, 5.74) is 0. The van der Waals surface area contributed by atoms with E-state index in [-0.39, 0.29) is 24.0 Å². The zero-order chi connectivity index (χ0) is 16.7. The number of nitrogens with one attached hydrogen (secondary N) is 1. The lowest BCUT2D eigenvalue weighted by atomic mass is 10.1. The molecule has 2 fully saturated rings. The lowest BCUT2D eigenvalue weighted by Gasteiger charge is -2.35.